The topological polar surface area (TPSA) is 35.6 Å². The number of carbonyl (C=O) groups is 1. The summed E-state index contributed by atoms with van der Waals surface area (Å²) < 4.78 is 0. The van der Waals surface area contributed by atoms with Crippen LogP contribution in [0, 0.1) is 5.92 Å². The van der Waals surface area contributed by atoms with E-state index in [4.69, 9.17) is 0 Å². The minimum Gasteiger partial charge on any atom is -0.388 e. The van der Waals surface area contributed by atoms with Crippen LogP contribution in [0.5, 0.6) is 0 Å². The number of nitrogens with zero attached hydrogens (tertiary/aromatic N) is 2. The van der Waals surface area contributed by atoms with Crippen LogP contribution in [-0.2, 0) is 11.3 Å². The monoisotopic (exact) mass is 367 g/mol. The summed E-state index contributed by atoms with van der Waals surface area (Å²) in [4.78, 5) is 17.0. The molecule has 0 aromatic heterocycles. The van der Waals surface area contributed by atoms with E-state index in [-0.39, 0.29) is 5.91 Å². The van der Waals surface area contributed by atoms with Crippen molar-refractivity contribution in [1.29, 1.82) is 0 Å². The molecule has 2 aromatic rings. The number of hydrogen-bond donors (Lipinski definition) is 1. The van der Waals surface area contributed by atoms with Gasteiger partial charge in [-0.3, -0.25) is 4.79 Å². The predicted octanol–water partition coefficient (Wildman–Crippen LogP) is 5.15. The second-order valence-electron chi connectivity index (χ2n) is 7.39. The zero-order valence-electron chi connectivity index (χ0n) is 17.3. The van der Waals surface area contributed by atoms with E-state index >= 15 is 0 Å². The lowest BCUT2D eigenvalue weighted by Crippen LogP contribution is -2.30. The molecule has 1 amide bonds. The Morgan fingerprint density at radius 3 is 2.11 bits per heavy atom. The maximum atomic E-state index is 12.9. The highest BCUT2D eigenvalue weighted by atomic mass is 16.2. The van der Waals surface area contributed by atoms with E-state index in [9.17, 15) is 4.79 Å². The first-order chi connectivity index (χ1) is 12.9. The van der Waals surface area contributed by atoms with Crippen molar-refractivity contribution >= 4 is 23.0 Å². The van der Waals surface area contributed by atoms with Crippen LogP contribution in [0.3, 0.4) is 0 Å². The first kappa shape index (κ1) is 20.8. The summed E-state index contributed by atoms with van der Waals surface area (Å²) in [5.74, 6) is 0.696. The van der Waals surface area contributed by atoms with Gasteiger partial charge in [0.2, 0.25) is 5.91 Å². The highest BCUT2D eigenvalue weighted by molar-refractivity contribution is 5.93. The van der Waals surface area contributed by atoms with E-state index in [1.165, 1.54) is 5.69 Å². The third kappa shape index (κ3) is 6.02. The van der Waals surface area contributed by atoms with Crippen LogP contribution in [0.15, 0.2) is 48.5 Å². The summed E-state index contributed by atoms with van der Waals surface area (Å²) in [6, 6.07) is 16.5. The van der Waals surface area contributed by atoms with Gasteiger partial charge in [-0.15, -0.1) is 0 Å². The minimum atomic E-state index is 0.177. The Bertz CT molecular complexity index is 707. The molecule has 2 aromatic carbocycles. The Kier molecular flexibility index (Phi) is 7.71. The summed E-state index contributed by atoms with van der Waals surface area (Å²) in [5, 5.41) is 3.13. The Balaban J connectivity index is 2.21. The lowest BCUT2D eigenvalue weighted by atomic mass is 10.1. The van der Waals surface area contributed by atoms with Crippen molar-refractivity contribution < 1.29 is 4.79 Å². The molecule has 0 fully saturated rings. The molecule has 4 heteroatoms. The number of nitrogens with one attached hydrogen (secondary N) is 1. The molecule has 0 saturated carbocycles. The van der Waals surface area contributed by atoms with Gasteiger partial charge >= 0.3 is 0 Å². The molecule has 146 valence electrons. The molecule has 2 rings (SSSR count). The van der Waals surface area contributed by atoms with Crippen molar-refractivity contribution in [3.63, 3.8) is 0 Å². The highest BCUT2D eigenvalue weighted by Crippen LogP contribution is 2.23. The minimum absolute atomic E-state index is 0.177. The van der Waals surface area contributed by atoms with Gasteiger partial charge in [0, 0.05) is 44.1 Å². The summed E-state index contributed by atoms with van der Waals surface area (Å²) >= 11 is 0. The maximum Gasteiger partial charge on any atom is 0.227 e. The standard InChI is InChI=1S/C23H33N3O/c1-6-25(5)21-12-8-19(9-13-21)17-26(23(27)16-7-18(2)3)22-14-10-20(24-4)11-15-22/h8-15,18,24H,6-7,16-17H2,1-5H3. The summed E-state index contributed by atoms with van der Waals surface area (Å²) in [6.45, 7) is 8.01. The third-order valence-corrected chi connectivity index (χ3v) is 4.90. The van der Waals surface area contributed by atoms with Gasteiger partial charge in [0.05, 0.1) is 6.54 Å². The van der Waals surface area contributed by atoms with Gasteiger partial charge in [-0.2, -0.15) is 0 Å². The van der Waals surface area contributed by atoms with Crippen LogP contribution in [0.2, 0.25) is 0 Å². The molecule has 27 heavy (non-hydrogen) atoms. The normalized spacial score (nSPS) is 10.7. The van der Waals surface area contributed by atoms with Crippen molar-refractivity contribution in [3.05, 3.63) is 54.1 Å². The summed E-state index contributed by atoms with van der Waals surface area (Å²) in [6.07, 6.45) is 1.48. The fourth-order valence-corrected chi connectivity index (χ4v) is 2.90. The molecule has 0 aliphatic rings. The SMILES string of the molecule is CCN(C)c1ccc(CN(C(=O)CCC(C)C)c2ccc(NC)cc2)cc1. The molecule has 0 aliphatic heterocycles. The second-order valence-corrected chi connectivity index (χ2v) is 7.39. The molecular formula is C23H33N3O. The summed E-state index contributed by atoms with van der Waals surface area (Å²) in [5.41, 5.74) is 4.31. The average molecular weight is 368 g/mol. The number of hydrogen-bond acceptors (Lipinski definition) is 3. The van der Waals surface area contributed by atoms with Crippen molar-refractivity contribution in [3.8, 4) is 0 Å². The van der Waals surface area contributed by atoms with Crippen LogP contribution in [-0.4, -0.2) is 26.5 Å². The quantitative estimate of drug-likeness (QED) is 0.665. The number of amides is 1. The molecule has 0 bridgehead atoms. The molecular weight excluding hydrogens is 334 g/mol. The smallest absolute Gasteiger partial charge is 0.227 e. The van der Waals surface area contributed by atoms with E-state index < -0.39 is 0 Å². The largest absolute Gasteiger partial charge is 0.388 e. The van der Waals surface area contributed by atoms with Crippen LogP contribution < -0.4 is 15.1 Å². The van der Waals surface area contributed by atoms with Gasteiger partial charge in [0.1, 0.15) is 0 Å². The second kappa shape index (κ2) is 10.0. The van der Waals surface area contributed by atoms with Crippen molar-refractivity contribution in [1.82, 2.24) is 0 Å². The number of benzene rings is 2. The lowest BCUT2D eigenvalue weighted by molar-refractivity contribution is -0.119. The van der Waals surface area contributed by atoms with Crippen LogP contribution in [0.25, 0.3) is 0 Å². The van der Waals surface area contributed by atoms with E-state index in [2.05, 4.69) is 62.3 Å². The van der Waals surface area contributed by atoms with Gasteiger partial charge in [-0.1, -0.05) is 26.0 Å². The Morgan fingerprint density at radius 2 is 1.59 bits per heavy atom. The Hall–Kier alpha value is -2.49. The Labute approximate surface area is 164 Å². The van der Waals surface area contributed by atoms with Gasteiger partial charge < -0.3 is 15.1 Å². The van der Waals surface area contributed by atoms with E-state index in [0.717, 1.165) is 29.9 Å². The molecule has 0 unspecified atom stereocenters. The molecule has 4 nitrogen and oxygen atoms in total. The fourth-order valence-electron chi connectivity index (χ4n) is 2.90. The first-order valence-corrected chi connectivity index (χ1v) is 9.82. The van der Waals surface area contributed by atoms with E-state index in [0.29, 0.717) is 18.9 Å². The fraction of sp³-hybridized carbons (Fsp3) is 0.435. The van der Waals surface area contributed by atoms with Crippen LogP contribution in [0.4, 0.5) is 17.1 Å². The van der Waals surface area contributed by atoms with Crippen molar-refractivity contribution in [2.45, 2.75) is 40.2 Å². The number of carbonyl (C=O) groups excluding carboxylic acids is 1. The molecule has 0 radical (unpaired) electrons. The summed E-state index contributed by atoms with van der Waals surface area (Å²) in [7, 11) is 3.98. The van der Waals surface area contributed by atoms with E-state index in [1.54, 1.807) is 0 Å². The van der Waals surface area contributed by atoms with Crippen molar-refractivity contribution in [2.24, 2.45) is 5.92 Å². The zero-order chi connectivity index (χ0) is 19.8. The maximum absolute atomic E-state index is 12.9. The first-order valence-electron chi connectivity index (χ1n) is 9.82. The number of anilines is 3. The zero-order valence-corrected chi connectivity index (χ0v) is 17.3. The Morgan fingerprint density at radius 1 is 1.00 bits per heavy atom. The third-order valence-electron chi connectivity index (χ3n) is 4.90. The molecule has 0 heterocycles. The van der Waals surface area contributed by atoms with Gasteiger partial charge in [-0.05, 0) is 61.2 Å². The molecule has 0 aliphatic carbocycles. The van der Waals surface area contributed by atoms with Gasteiger partial charge in [0.25, 0.3) is 0 Å². The molecule has 0 atom stereocenters. The van der Waals surface area contributed by atoms with Gasteiger partial charge in [0.15, 0.2) is 0 Å². The lowest BCUT2D eigenvalue weighted by Gasteiger charge is -2.24. The van der Waals surface area contributed by atoms with Crippen molar-refractivity contribution in [2.75, 3.05) is 35.8 Å². The highest BCUT2D eigenvalue weighted by Gasteiger charge is 2.17. The van der Waals surface area contributed by atoms with E-state index in [1.807, 2.05) is 36.2 Å². The van der Waals surface area contributed by atoms with Crippen LogP contribution >= 0.6 is 0 Å². The molecule has 0 spiro atoms. The van der Waals surface area contributed by atoms with Gasteiger partial charge in [-0.25, -0.2) is 0 Å². The molecule has 0 saturated heterocycles. The number of rotatable bonds is 9. The van der Waals surface area contributed by atoms with Crippen LogP contribution in [0.1, 0.15) is 39.2 Å². The molecule has 1 N–H and O–H groups in total. The average Bonchev–Trinajstić information content (AvgIpc) is 2.70. The predicted molar refractivity (Wildman–Crippen MR) is 117 cm³/mol.